The Hall–Kier alpha value is -2.49. The van der Waals surface area contributed by atoms with Crippen LogP contribution < -0.4 is 5.32 Å². The normalized spacial score (nSPS) is 11.4. The Morgan fingerprint density at radius 1 is 1.23 bits per heavy atom. The van der Waals surface area contributed by atoms with E-state index in [0.29, 0.717) is 5.56 Å². The van der Waals surface area contributed by atoms with Crippen LogP contribution in [0.4, 0.5) is 5.69 Å². The first kappa shape index (κ1) is 19.8. The first-order valence-electron chi connectivity index (χ1n) is 7.37. The van der Waals surface area contributed by atoms with Crippen molar-refractivity contribution < 1.29 is 18.1 Å². The largest absolute Gasteiger partial charge is 0.348 e. The molecule has 0 spiro atoms. The fourth-order valence-corrected chi connectivity index (χ4v) is 3.55. The predicted octanol–water partition coefficient (Wildman–Crippen LogP) is 2.43. The molecular formula is C16H16ClN3O5S. The molecule has 2 aromatic carbocycles. The van der Waals surface area contributed by atoms with Gasteiger partial charge in [0.2, 0.25) is 10.0 Å². The number of benzene rings is 2. The summed E-state index contributed by atoms with van der Waals surface area (Å²) in [6.07, 6.45) is 0. The Bertz CT molecular complexity index is 960. The monoisotopic (exact) mass is 397 g/mol. The molecule has 0 radical (unpaired) electrons. The van der Waals surface area contributed by atoms with Crippen molar-refractivity contribution in [3.63, 3.8) is 0 Å². The van der Waals surface area contributed by atoms with Gasteiger partial charge in [0.1, 0.15) is 0 Å². The molecule has 0 unspecified atom stereocenters. The third kappa shape index (κ3) is 4.18. The zero-order valence-corrected chi connectivity index (χ0v) is 15.5. The van der Waals surface area contributed by atoms with Gasteiger partial charge in [-0.25, -0.2) is 12.7 Å². The van der Waals surface area contributed by atoms with Crippen LogP contribution in [0.25, 0.3) is 0 Å². The average molecular weight is 398 g/mol. The fraction of sp³-hybridized carbons (Fsp3) is 0.188. The van der Waals surface area contributed by atoms with E-state index < -0.39 is 20.9 Å². The molecule has 138 valence electrons. The topological polar surface area (TPSA) is 110 Å². The van der Waals surface area contributed by atoms with Crippen LogP contribution in [0.5, 0.6) is 0 Å². The number of nitro benzene ring substituents is 1. The van der Waals surface area contributed by atoms with Gasteiger partial charge in [-0.05, 0) is 17.7 Å². The Kier molecular flexibility index (Phi) is 5.96. The lowest BCUT2D eigenvalue weighted by Gasteiger charge is -2.15. The molecule has 2 aromatic rings. The molecule has 8 nitrogen and oxygen atoms in total. The highest BCUT2D eigenvalue weighted by Gasteiger charge is 2.21. The van der Waals surface area contributed by atoms with Crippen LogP contribution in [0.2, 0.25) is 5.02 Å². The molecular weight excluding hydrogens is 382 g/mol. The van der Waals surface area contributed by atoms with Crippen molar-refractivity contribution in [1.29, 1.82) is 0 Å². The minimum Gasteiger partial charge on any atom is -0.348 e. The lowest BCUT2D eigenvalue weighted by atomic mass is 10.1. The molecule has 0 heterocycles. The van der Waals surface area contributed by atoms with Crippen molar-refractivity contribution in [1.82, 2.24) is 9.62 Å². The molecule has 1 N–H and O–H groups in total. The van der Waals surface area contributed by atoms with Crippen molar-refractivity contribution >= 4 is 33.2 Å². The van der Waals surface area contributed by atoms with E-state index in [1.807, 2.05) is 0 Å². The van der Waals surface area contributed by atoms with E-state index in [0.717, 1.165) is 10.4 Å². The molecule has 0 aromatic heterocycles. The minimum absolute atomic E-state index is 0.0462. The molecule has 2 rings (SSSR count). The lowest BCUT2D eigenvalue weighted by molar-refractivity contribution is -0.384. The van der Waals surface area contributed by atoms with E-state index in [1.54, 1.807) is 18.2 Å². The zero-order chi connectivity index (χ0) is 19.5. The van der Waals surface area contributed by atoms with Crippen molar-refractivity contribution in [3.05, 3.63) is 68.7 Å². The number of sulfonamides is 1. The number of hydrogen-bond donors (Lipinski definition) is 1. The van der Waals surface area contributed by atoms with E-state index >= 15 is 0 Å². The number of nitrogens with one attached hydrogen (secondary N) is 1. The van der Waals surface area contributed by atoms with Gasteiger partial charge in [-0.1, -0.05) is 29.8 Å². The summed E-state index contributed by atoms with van der Waals surface area (Å²) in [6, 6.07) is 9.80. The zero-order valence-electron chi connectivity index (χ0n) is 14.0. The minimum atomic E-state index is -3.66. The Morgan fingerprint density at radius 3 is 2.46 bits per heavy atom. The summed E-state index contributed by atoms with van der Waals surface area (Å²) >= 11 is 5.93. The lowest BCUT2D eigenvalue weighted by Crippen LogP contribution is -2.27. The molecule has 0 saturated heterocycles. The van der Waals surface area contributed by atoms with Crippen molar-refractivity contribution in [3.8, 4) is 0 Å². The van der Waals surface area contributed by atoms with Crippen molar-refractivity contribution in [2.75, 3.05) is 14.1 Å². The molecule has 0 saturated carbocycles. The second-order valence-electron chi connectivity index (χ2n) is 5.50. The van der Waals surface area contributed by atoms with Crippen LogP contribution >= 0.6 is 11.6 Å². The molecule has 0 fully saturated rings. The highest BCUT2D eigenvalue weighted by Crippen LogP contribution is 2.23. The van der Waals surface area contributed by atoms with Crippen LogP contribution in [-0.4, -0.2) is 37.6 Å². The van der Waals surface area contributed by atoms with Gasteiger partial charge in [-0.3, -0.25) is 14.9 Å². The molecule has 0 aliphatic carbocycles. The van der Waals surface area contributed by atoms with Crippen LogP contribution in [-0.2, 0) is 16.6 Å². The molecule has 26 heavy (non-hydrogen) atoms. The fourth-order valence-electron chi connectivity index (χ4n) is 2.17. The summed E-state index contributed by atoms with van der Waals surface area (Å²) in [7, 11) is -0.826. The van der Waals surface area contributed by atoms with E-state index in [1.165, 1.54) is 32.3 Å². The molecule has 10 heteroatoms. The SMILES string of the molecule is CN(C)S(=O)(=O)c1ccccc1CNC(=O)c1ccc([N+](=O)[O-])cc1Cl. The first-order valence-corrected chi connectivity index (χ1v) is 9.19. The van der Waals surface area contributed by atoms with E-state index in [4.69, 9.17) is 11.6 Å². The van der Waals surface area contributed by atoms with E-state index in [2.05, 4.69) is 5.32 Å². The Morgan fingerprint density at radius 2 is 1.88 bits per heavy atom. The molecule has 1 amide bonds. The average Bonchev–Trinajstić information content (AvgIpc) is 2.59. The quantitative estimate of drug-likeness (QED) is 0.594. The first-order chi connectivity index (χ1) is 12.1. The number of halogens is 1. The van der Waals surface area contributed by atoms with Gasteiger partial charge in [0.25, 0.3) is 11.6 Å². The number of rotatable bonds is 6. The summed E-state index contributed by atoms with van der Waals surface area (Å²) in [4.78, 5) is 22.5. The predicted molar refractivity (Wildman–Crippen MR) is 96.6 cm³/mol. The second kappa shape index (κ2) is 7.81. The number of non-ortho nitro benzene ring substituents is 1. The summed E-state index contributed by atoms with van der Waals surface area (Å²) in [5.74, 6) is -0.568. The molecule has 0 aliphatic heterocycles. The number of nitro groups is 1. The molecule has 0 atom stereocenters. The van der Waals surface area contributed by atoms with E-state index in [-0.39, 0.29) is 27.7 Å². The van der Waals surface area contributed by atoms with Crippen LogP contribution in [0.3, 0.4) is 0 Å². The Labute approximate surface area is 155 Å². The number of nitrogens with zero attached hydrogens (tertiary/aromatic N) is 2. The van der Waals surface area contributed by atoms with Gasteiger partial charge < -0.3 is 5.32 Å². The van der Waals surface area contributed by atoms with Gasteiger partial charge in [0, 0.05) is 32.8 Å². The van der Waals surface area contributed by atoms with Crippen LogP contribution in [0.15, 0.2) is 47.4 Å². The molecule has 0 aliphatic rings. The standard InChI is InChI=1S/C16H16ClN3O5S/c1-19(2)26(24,25)15-6-4-3-5-11(15)10-18-16(21)13-8-7-12(20(22)23)9-14(13)17/h3-9H,10H2,1-2H3,(H,18,21). The summed E-state index contributed by atoms with van der Waals surface area (Å²) < 4.78 is 25.8. The van der Waals surface area contributed by atoms with Gasteiger partial charge in [-0.2, -0.15) is 0 Å². The van der Waals surface area contributed by atoms with Gasteiger partial charge in [0.15, 0.2) is 0 Å². The number of carbonyl (C=O) groups is 1. The summed E-state index contributed by atoms with van der Waals surface area (Å²) in [5, 5.41) is 13.2. The number of amides is 1. The molecule has 0 bridgehead atoms. The van der Waals surface area contributed by atoms with Crippen molar-refractivity contribution in [2.24, 2.45) is 0 Å². The smallest absolute Gasteiger partial charge is 0.270 e. The van der Waals surface area contributed by atoms with Gasteiger partial charge in [0.05, 0.1) is 20.4 Å². The third-order valence-electron chi connectivity index (χ3n) is 3.58. The van der Waals surface area contributed by atoms with Crippen LogP contribution in [0.1, 0.15) is 15.9 Å². The van der Waals surface area contributed by atoms with E-state index in [9.17, 15) is 23.3 Å². The maximum atomic E-state index is 12.4. The van der Waals surface area contributed by atoms with Gasteiger partial charge >= 0.3 is 0 Å². The van der Waals surface area contributed by atoms with Crippen LogP contribution in [0, 0.1) is 10.1 Å². The summed E-state index contributed by atoms with van der Waals surface area (Å²) in [5.41, 5.74) is 0.242. The Balaban J connectivity index is 2.23. The maximum Gasteiger partial charge on any atom is 0.270 e. The number of carbonyl (C=O) groups excluding carboxylic acids is 1. The number of hydrogen-bond acceptors (Lipinski definition) is 5. The highest BCUT2D eigenvalue weighted by atomic mass is 35.5. The second-order valence-corrected chi connectivity index (χ2v) is 8.03. The highest BCUT2D eigenvalue weighted by molar-refractivity contribution is 7.89. The maximum absolute atomic E-state index is 12.4. The van der Waals surface area contributed by atoms with Gasteiger partial charge in [-0.15, -0.1) is 0 Å². The third-order valence-corrected chi connectivity index (χ3v) is 5.81. The summed E-state index contributed by atoms with van der Waals surface area (Å²) in [6.45, 7) is -0.0462. The van der Waals surface area contributed by atoms with Crippen molar-refractivity contribution in [2.45, 2.75) is 11.4 Å².